The van der Waals surface area contributed by atoms with Crippen molar-refractivity contribution in [1.29, 1.82) is 0 Å². The number of aromatic nitrogens is 1. The topological polar surface area (TPSA) is 91.4 Å². The van der Waals surface area contributed by atoms with Crippen molar-refractivity contribution >= 4 is 17.4 Å². The van der Waals surface area contributed by atoms with Gasteiger partial charge in [-0.15, -0.1) is 0 Å². The lowest BCUT2D eigenvalue weighted by Crippen LogP contribution is -2.11. The number of hydrogen-bond acceptors (Lipinski definition) is 5. The molecule has 1 aliphatic heterocycles. The van der Waals surface area contributed by atoms with E-state index < -0.39 is 4.92 Å². The van der Waals surface area contributed by atoms with Crippen LogP contribution < -0.4 is 4.74 Å². The number of nitro benzene ring substituents is 1. The summed E-state index contributed by atoms with van der Waals surface area (Å²) in [6, 6.07) is 6.90. The van der Waals surface area contributed by atoms with Crippen LogP contribution in [0.2, 0.25) is 0 Å². The van der Waals surface area contributed by atoms with Gasteiger partial charge >= 0.3 is 5.97 Å². The monoisotopic (exact) mass is 286 g/mol. The molecule has 2 heterocycles. The van der Waals surface area contributed by atoms with E-state index in [0.717, 1.165) is 0 Å². The Morgan fingerprint density at radius 3 is 2.57 bits per heavy atom. The van der Waals surface area contributed by atoms with Crippen LogP contribution in [0.4, 0.5) is 5.69 Å². The van der Waals surface area contributed by atoms with E-state index in [-0.39, 0.29) is 23.9 Å². The van der Waals surface area contributed by atoms with E-state index in [1.165, 1.54) is 30.3 Å². The molecule has 0 spiro atoms. The van der Waals surface area contributed by atoms with Crippen molar-refractivity contribution in [2.24, 2.45) is 7.05 Å². The smallest absolute Gasteiger partial charge is 0.317 e. The van der Waals surface area contributed by atoms with E-state index in [4.69, 9.17) is 4.74 Å². The molecule has 0 bridgehead atoms. The molecule has 1 aromatic carbocycles. The third-order valence-electron chi connectivity index (χ3n) is 3.43. The summed E-state index contributed by atoms with van der Waals surface area (Å²) in [5, 5.41) is 10.6. The lowest BCUT2D eigenvalue weighted by Gasteiger charge is -2.04. The fraction of sp³-hybridized carbons (Fsp3) is 0.143. The number of nitrogens with zero attached hydrogens (tertiary/aromatic N) is 2. The molecule has 106 valence electrons. The highest BCUT2D eigenvalue weighted by molar-refractivity contribution is 6.08. The second-order valence-corrected chi connectivity index (χ2v) is 4.68. The lowest BCUT2D eigenvalue weighted by atomic mass is 10.1. The molecule has 0 N–H and O–H groups in total. The van der Waals surface area contributed by atoms with Crippen molar-refractivity contribution in [3.05, 3.63) is 57.4 Å². The Hall–Kier alpha value is -2.96. The highest BCUT2D eigenvalue weighted by atomic mass is 16.6. The van der Waals surface area contributed by atoms with Gasteiger partial charge in [0.15, 0.2) is 5.75 Å². The number of esters is 1. The van der Waals surface area contributed by atoms with E-state index in [2.05, 4.69) is 0 Å². The van der Waals surface area contributed by atoms with Crippen LogP contribution in [0.3, 0.4) is 0 Å². The zero-order valence-electron chi connectivity index (χ0n) is 11.0. The predicted octanol–water partition coefficient (Wildman–Crippen LogP) is 1.63. The van der Waals surface area contributed by atoms with Crippen LogP contribution in [0, 0.1) is 10.1 Å². The zero-order valence-corrected chi connectivity index (χ0v) is 11.0. The van der Waals surface area contributed by atoms with E-state index in [1.807, 2.05) is 0 Å². The summed E-state index contributed by atoms with van der Waals surface area (Å²) in [5.41, 5.74) is 1.30. The van der Waals surface area contributed by atoms with Gasteiger partial charge in [-0.25, -0.2) is 0 Å². The number of carbonyl (C=O) groups excluding carboxylic acids is 2. The summed E-state index contributed by atoms with van der Waals surface area (Å²) in [5.74, 6) is -0.226. The second-order valence-electron chi connectivity index (χ2n) is 4.68. The van der Waals surface area contributed by atoms with Gasteiger partial charge in [0.05, 0.1) is 22.7 Å². The first-order valence-electron chi connectivity index (χ1n) is 6.16. The molecule has 0 saturated carbocycles. The summed E-state index contributed by atoms with van der Waals surface area (Å²) in [6.07, 6.45) is 0.138. The van der Waals surface area contributed by atoms with Gasteiger partial charge in [0.2, 0.25) is 5.78 Å². The van der Waals surface area contributed by atoms with Crippen molar-refractivity contribution in [1.82, 2.24) is 4.57 Å². The summed E-state index contributed by atoms with van der Waals surface area (Å²) in [4.78, 5) is 33.7. The van der Waals surface area contributed by atoms with Gasteiger partial charge in [0, 0.05) is 30.8 Å². The molecular weight excluding hydrogens is 276 g/mol. The molecule has 21 heavy (non-hydrogen) atoms. The Morgan fingerprint density at radius 2 is 2.00 bits per heavy atom. The van der Waals surface area contributed by atoms with E-state index in [1.54, 1.807) is 11.6 Å². The highest BCUT2D eigenvalue weighted by Gasteiger charge is 2.28. The molecule has 0 aliphatic carbocycles. The summed E-state index contributed by atoms with van der Waals surface area (Å²) < 4.78 is 6.62. The van der Waals surface area contributed by atoms with Crippen molar-refractivity contribution in [3.63, 3.8) is 0 Å². The fourth-order valence-electron chi connectivity index (χ4n) is 2.30. The molecule has 0 amide bonds. The lowest BCUT2D eigenvalue weighted by molar-refractivity contribution is -0.384. The maximum absolute atomic E-state index is 12.4. The largest absolute Gasteiger partial charge is 0.424 e. The number of ketones is 1. The van der Waals surface area contributed by atoms with E-state index in [9.17, 15) is 19.7 Å². The second kappa shape index (κ2) is 4.55. The van der Waals surface area contributed by atoms with Crippen LogP contribution >= 0.6 is 0 Å². The van der Waals surface area contributed by atoms with Gasteiger partial charge in [-0.2, -0.15) is 0 Å². The van der Waals surface area contributed by atoms with Crippen LogP contribution in [0.25, 0.3) is 0 Å². The molecule has 1 aliphatic rings. The number of rotatable bonds is 3. The maximum Gasteiger partial charge on any atom is 0.317 e. The van der Waals surface area contributed by atoms with Crippen molar-refractivity contribution in [3.8, 4) is 5.75 Å². The SMILES string of the molecule is Cn1c(C(=O)c2ccc([N+](=O)[O-])cc2)cc2c1CC(=O)O2. The molecule has 1 aromatic heterocycles. The Labute approximate surface area is 118 Å². The number of benzene rings is 1. The van der Waals surface area contributed by atoms with Crippen molar-refractivity contribution in [2.75, 3.05) is 0 Å². The first kappa shape index (κ1) is 13.0. The van der Waals surface area contributed by atoms with Gasteiger partial charge < -0.3 is 9.30 Å². The third kappa shape index (κ3) is 2.08. The Kier molecular flexibility index (Phi) is 2.83. The Bertz CT molecular complexity index is 773. The molecule has 0 radical (unpaired) electrons. The quantitative estimate of drug-likeness (QED) is 0.370. The molecule has 3 rings (SSSR count). The predicted molar refractivity (Wildman–Crippen MR) is 71.3 cm³/mol. The number of nitro groups is 1. The minimum absolute atomic E-state index is 0.0742. The van der Waals surface area contributed by atoms with Gasteiger partial charge in [-0.05, 0) is 12.1 Å². The summed E-state index contributed by atoms with van der Waals surface area (Å²) >= 11 is 0. The van der Waals surface area contributed by atoms with Gasteiger partial charge in [-0.1, -0.05) is 0 Å². The molecular formula is C14H10N2O5. The minimum atomic E-state index is -0.523. The fourth-order valence-corrected chi connectivity index (χ4v) is 2.30. The standard InChI is InChI=1S/C14H10N2O5/c1-15-10-7-13(17)21-12(10)6-11(15)14(18)8-2-4-9(5-3-8)16(19)20/h2-6H,7H2,1H3. The van der Waals surface area contributed by atoms with Crippen LogP contribution in [-0.2, 0) is 18.3 Å². The number of fused-ring (bicyclic) bond motifs is 1. The minimum Gasteiger partial charge on any atom is -0.424 e. The number of carbonyl (C=O) groups is 2. The maximum atomic E-state index is 12.4. The van der Waals surface area contributed by atoms with E-state index in [0.29, 0.717) is 22.7 Å². The molecule has 0 atom stereocenters. The Morgan fingerprint density at radius 1 is 1.33 bits per heavy atom. The van der Waals surface area contributed by atoms with Crippen LogP contribution in [0.1, 0.15) is 21.7 Å². The normalized spacial score (nSPS) is 12.9. The highest BCUT2D eigenvalue weighted by Crippen LogP contribution is 2.30. The van der Waals surface area contributed by atoms with Crippen molar-refractivity contribution in [2.45, 2.75) is 6.42 Å². The van der Waals surface area contributed by atoms with Gasteiger partial charge in [-0.3, -0.25) is 19.7 Å². The molecule has 0 fully saturated rings. The number of ether oxygens (including phenoxy) is 1. The first-order chi connectivity index (χ1) is 9.97. The van der Waals surface area contributed by atoms with Gasteiger partial charge in [0.1, 0.15) is 0 Å². The van der Waals surface area contributed by atoms with Gasteiger partial charge in [0.25, 0.3) is 5.69 Å². The molecule has 0 unspecified atom stereocenters. The average molecular weight is 286 g/mol. The van der Waals surface area contributed by atoms with Crippen LogP contribution in [0.5, 0.6) is 5.75 Å². The van der Waals surface area contributed by atoms with Crippen LogP contribution in [-0.4, -0.2) is 21.2 Å². The molecule has 7 nitrogen and oxygen atoms in total. The number of non-ortho nitro benzene ring substituents is 1. The summed E-state index contributed by atoms with van der Waals surface area (Å²) in [7, 11) is 1.68. The third-order valence-corrected chi connectivity index (χ3v) is 3.43. The average Bonchev–Trinajstić information content (AvgIpc) is 2.96. The molecule has 2 aromatic rings. The van der Waals surface area contributed by atoms with Crippen molar-refractivity contribution < 1.29 is 19.2 Å². The van der Waals surface area contributed by atoms with Crippen LogP contribution in [0.15, 0.2) is 30.3 Å². The summed E-state index contributed by atoms with van der Waals surface area (Å²) in [6.45, 7) is 0. The number of hydrogen-bond donors (Lipinski definition) is 0. The molecule has 0 saturated heterocycles. The molecule has 7 heteroatoms. The first-order valence-corrected chi connectivity index (χ1v) is 6.16. The van der Waals surface area contributed by atoms with E-state index >= 15 is 0 Å². The Balaban J connectivity index is 1.94. The zero-order chi connectivity index (χ0) is 15.1.